The summed E-state index contributed by atoms with van der Waals surface area (Å²) in [6.07, 6.45) is 7.95. The first kappa shape index (κ1) is 10.9. The largest absolute Gasteiger partial charge is 0.356 e. The van der Waals surface area contributed by atoms with Crippen molar-refractivity contribution < 1.29 is 4.79 Å². The molecule has 0 spiro atoms. The summed E-state index contributed by atoms with van der Waals surface area (Å²) in [5.41, 5.74) is 5.82. The summed E-state index contributed by atoms with van der Waals surface area (Å²) in [6.45, 7) is 0.904. The Bertz CT molecular complexity index is 218. The first-order valence-corrected chi connectivity index (χ1v) is 6.29. The van der Waals surface area contributed by atoms with Crippen LogP contribution in [0.3, 0.4) is 0 Å². The second kappa shape index (κ2) is 4.97. The Labute approximate surface area is 91.8 Å². The number of rotatable bonds is 3. The molecule has 0 unspecified atom stereocenters. The number of carbonyl (C=O) groups excluding carboxylic acids is 1. The second-order valence-electron chi connectivity index (χ2n) is 5.15. The van der Waals surface area contributed by atoms with E-state index < -0.39 is 0 Å². The van der Waals surface area contributed by atoms with Gasteiger partial charge in [0.25, 0.3) is 0 Å². The summed E-state index contributed by atoms with van der Waals surface area (Å²) in [5.74, 6) is 1.28. The molecule has 0 saturated heterocycles. The molecule has 2 rings (SSSR count). The Morgan fingerprint density at radius 2 is 1.80 bits per heavy atom. The molecular formula is C12H22N2O. The van der Waals surface area contributed by atoms with Crippen molar-refractivity contribution in [2.45, 2.75) is 51.0 Å². The Kier molecular flexibility index (Phi) is 3.62. The van der Waals surface area contributed by atoms with Gasteiger partial charge in [-0.05, 0) is 44.4 Å². The maximum atomic E-state index is 11.8. The van der Waals surface area contributed by atoms with E-state index in [9.17, 15) is 4.79 Å². The molecule has 0 atom stereocenters. The molecule has 3 heteroatoms. The molecular weight excluding hydrogens is 188 g/mol. The van der Waals surface area contributed by atoms with Gasteiger partial charge < -0.3 is 11.1 Å². The fraction of sp³-hybridized carbons (Fsp3) is 0.917. The minimum absolute atomic E-state index is 0.241. The first-order valence-electron chi connectivity index (χ1n) is 6.29. The lowest BCUT2D eigenvalue weighted by Gasteiger charge is -2.28. The Balaban J connectivity index is 1.66. The third-order valence-corrected chi connectivity index (χ3v) is 3.93. The van der Waals surface area contributed by atoms with Crippen molar-refractivity contribution in [3.05, 3.63) is 0 Å². The van der Waals surface area contributed by atoms with Crippen molar-refractivity contribution >= 4 is 5.91 Å². The van der Waals surface area contributed by atoms with Gasteiger partial charge in [-0.2, -0.15) is 0 Å². The van der Waals surface area contributed by atoms with Crippen molar-refractivity contribution in [2.24, 2.45) is 17.6 Å². The highest BCUT2D eigenvalue weighted by Gasteiger charge is 2.25. The van der Waals surface area contributed by atoms with E-state index in [1.165, 1.54) is 19.3 Å². The zero-order valence-corrected chi connectivity index (χ0v) is 9.37. The van der Waals surface area contributed by atoms with Gasteiger partial charge in [0.2, 0.25) is 5.91 Å². The van der Waals surface area contributed by atoms with Gasteiger partial charge >= 0.3 is 0 Å². The molecule has 2 fully saturated rings. The summed E-state index contributed by atoms with van der Waals surface area (Å²) < 4.78 is 0. The van der Waals surface area contributed by atoms with Crippen LogP contribution in [0.2, 0.25) is 0 Å². The smallest absolute Gasteiger partial charge is 0.223 e. The van der Waals surface area contributed by atoms with E-state index in [1.54, 1.807) is 0 Å². The van der Waals surface area contributed by atoms with E-state index in [-0.39, 0.29) is 11.8 Å². The van der Waals surface area contributed by atoms with Gasteiger partial charge in [0, 0.05) is 18.5 Å². The molecule has 2 aliphatic rings. The Morgan fingerprint density at radius 1 is 1.13 bits per heavy atom. The second-order valence-corrected chi connectivity index (χ2v) is 5.15. The standard InChI is InChI=1S/C12H22N2O/c13-11-6-4-10(5-7-11)12(15)14-8-9-2-1-3-9/h9-11H,1-8,13H2,(H,14,15). The van der Waals surface area contributed by atoms with Crippen molar-refractivity contribution in [2.75, 3.05) is 6.54 Å². The lowest BCUT2D eigenvalue weighted by molar-refractivity contribution is -0.126. The van der Waals surface area contributed by atoms with Gasteiger partial charge in [0.1, 0.15) is 0 Å². The average molecular weight is 210 g/mol. The van der Waals surface area contributed by atoms with Crippen molar-refractivity contribution in [3.8, 4) is 0 Å². The molecule has 15 heavy (non-hydrogen) atoms. The molecule has 0 aromatic heterocycles. The van der Waals surface area contributed by atoms with Crippen molar-refractivity contribution in [3.63, 3.8) is 0 Å². The van der Waals surface area contributed by atoms with E-state index in [0.717, 1.165) is 38.1 Å². The zero-order valence-electron chi connectivity index (χ0n) is 9.37. The number of amides is 1. The highest BCUT2D eigenvalue weighted by Crippen LogP contribution is 2.26. The van der Waals surface area contributed by atoms with Crippen LogP contribution in [0.15, 0.2) is 0 Å². The lowest BCUT2D eigenvalue weighted by atomic mass is 9.84. The monoisotopic (exact) mass is 210 g/mol. The van der Waals surface area contributed by atoms with Gasteiger partial charge in [-0.15, -0.1) is 0 Å². The maximum Gasteiger partial charge on any atom is 0.223 e. The Morgan fingerprint density at radius 3 is 2.33 bits per heavy atom. The molecule has 1 amide bonds. The minimum atomic E-state index is 0.241. The van der Waals surface area contributed by atoms with Gasteiger partial charge in [0.05, 0.1) is 0 Å². The number of carbonyl (C=O) groups is 1. The van der Waals surface area contributed by atoms with Crippen molar-refractivity contribution in [1.82, 2.24) is 5.32 Å². The first-order chi connectivity index (χ1) is 7.25. The quantitative estimate of drug-likeness (QED) is 0.740. The summed E-state index contributed by atoms with van der Waals surface area (Å²) in [7, 11) is 0. The highest BCUT2D eigenvalue weighted by molar-refractivity contribution is 5.78. The maximum absolute atomic E-state index is 11.8. The molecule has 3 N–H and O–H groups in total. The summed E-state index contributed by atoms with van der Waals surface area (Å²) in [6, 6.07) is 0.334. The minimum Gasteiger partial charge on any atom is -0.356 e. The van der Waals surface area contributed by atoms with Crippen LogP contribution in [0.25, 0.3) is 0 Å². The molecule has 0 heterocycles. The number of hydrogen-bond donors (Lipinski definition) is 2. The fourth-order valence-corrected chi connectivity index (χ4v) is 2.47. The Hall–Kier alpha value is -0.570. The third kappa shape index (κ3) is 2.94. The molecule has 0 bridgehead atoms. The summed E-state index contributed by atoms with van der Waals surface area (Å²) in [4.78, 5) is 11.8. The van der Waals surface area contributed by atoms with Crippen LogP contribution in [0, 0.1) is 11.8 Å². The van der Waals surface area contributed by atoms with E-state index in [2.05, 4.69) is 5.32 Å². The van der Waals surface area contributed by atoms with Crippen LogP contribution in [0.4, 0.5) is 0 Å². The van der Waals surface area contributed by atoms with Gasteiger partial charge in [0.15, 0.2) is 0 Å². The van der Waals surface area contributed by atoms with E-state index >= 15 is 0 Å². The topological polar surface area (TPSA) is 55.1 Å². The number of nitrogens with two attached hydrogens (primary N) is 1. The van der Waals surface area contributed by atoms with Crippen LogP contribution in [-0.2, 0) is 4.79 Å². The predicted octanol–water partition coefficient (Wildman–Crippen LogP) is 1.42. The predicted molar refractivity (Wildman–Crippen MR) is 60.3 cm³/mol. The molecule has 2 saturated carbocycles. The SMILES string of the molecule is NC1CCC(C(=O)NCC2CCC2)CC1. The van der Waals surface area contributed by atoms with Crippen LogP contribution >= 0.6 is 0 Å². The molecule has 2 aliphatic carbocycles. The molecule has 0 aliphatic heterocycles. The van der Waals surface area contributed by atoms with E-state index in [0.29, 0.717) is 6.04 Å². The normalized spacial score (nSPS) is 32.1. The van der Waals surface area contributed by atoms with Crippen molar-refractivity contribution in [1.29, 1.82) is 0 Å². The van der Waals surface area contributed by atoms with E-state index in [4.69, 9.17) is 5.73 Å². The molecule has 86 valence electrons. The average Bonchev–Trinajstić information content (AvgIpc) is 2.16. The number of nitrogens with one attached hydrogen (secondary N) is 1. The zero-order chi connectivity index (χ0) is 10.7. The molecule has 3 nitrogen and oxygen atoms in total. The van der Waals surface area contributed by atoms with Gasteiger partial charge in [-0.3, -0.25) is 4.79 Å². The number of hydrogen-bond acceptors (Lipinski definition) is 2. The molecule has 0 aromatic carbocycles. The third-order valence-electron chi connectivity index (χ3n) is 3.93. The van der Waals surface area contributed by atoms with Gasteiger partial charge in [-0.1, -0.05) is 6.42 Å². The van der Waals surface area contributed by atoms with Crippen LogP contribution in [-0.4, -0.2) is 18.5 Å². The van der Waals surface area contributed by atoms with Crippen LogP contribution in [0.1, 0.15) is 44.9 Å². The lowest BCUT2D eigenvalue weighted by Crippen LogP contribution is -2.39. The van der Waals surface area contributed by atoms with E-state index in [1.807, 2.05) is 0 Å². The molecule has 0 radical (unpaired) electrons. The van der Waals surface area contributed by atoms with Crippen LogP contribution in [0.5, 0.6) is 0 Å². The van der Waals surface area contributed by atoms with Crippen LogP contribution < -0.4 is 11.1 Å². The fourth-order valence-electron chi connectivity index (χ4n) is 2.47. The van der Waals surface area contributed by atoms with Gasteiger partial charge in [-0.25, -0.2) is 0 Å². The highest BCUT2D eigenvalue weighted by atomic mass is 16.1. The molecule has 0 aromatic rings. The summed E-state index contributed by atoms with van der Waals surface area (Å²) in [5, 5.41) is 3.09. The summed E-state index contributed by atoms with van der Waals surface area (Å²) >= 11 is 0.